The maximum Gasteiger partial charge on any atom is 0.326 e. The second-order valence-electron chi connectivity index (χ2n) is 7.39. The molecule has 1 fully saturated rings. The Balaban J connectivity index is 1.93. The SMILES string of the molecule is CC(C)C(C#N)(CCCCC(=O)N1CCC[C@H]1C(=O)O)c1ccccc1. The molecule has 1 saturated heterocycles. The highest BCUT2D eigenvalue weighted by Crippen LogP contribution is 2.37. The number of benzene rings is 1. The van der Waals surface area contributed by atoms with Crippen molar-refractivity contribution in [2.75, 3.05) is 6.54 Å². The quantitative estimate of drug-likeness (QED) is 0.719. The molecule has 0 aliphatic carbocycles. The Morgan fingerprint density at radius 1 is 1.31 bits per heavy atom. The maximum atomic E-state index is 12.4. The number of hydrogen-bond acceptors (Lipinski definition) is 3. The van der Waals surface area contributed by atoms with Crippen LogP contribution in [-0.2, 0) is 15.0 Å². The van der Waals surface area contributed by atoms with Crippen LogP contribution in [0.3, 0.4) is 0 Å². The molecule has 2 rings (SSSR count). The van der Waals surface area contributed by atoms with E-state index in [2.05, 4.69) is 19.9 Å². The van der Waals surface area contributed by atoms with Gasteiger partial charge in [-0.1, -0.05) is 50.6 Å². The second kappa shape index (κ2) is 8.84. The van der Waals surface area contributed by atoms with Gasteiger partial charge >= 0.3 is 5.97 Å². The standard InChI is InChI=1S/C21H28N2O3/c1-16(2)21(15-22,17-9-4-3-5-10-17)13-7-6-12-19(24)23-14-8-11-18(23)20(25)26/h3-5,9-10,16,18H,6-8,11-14H2,1-2H3,(H,25,26)/t18-,21?/m0/s1. The number of carboxylic acid groups (broad SMARTS) is 1. The zero-order valence-corrected chi connectivity index (χ0v) is 15.6. The molecular weight excluding hydrogens is 328 g/mol. The summed E-state index contributed by atoms with van der Waals surface area (Å²) in [5, 5.41) is 19.1. The van der Waals surface area contributed by atoms with E-state index in [1.54, 1.807) is 0 Å². The number of nitriles is 1. The Morgan fingerprint density at radius 3 is 2.58 bits per heavy atom. The van der Waals surface area contributed by atoms with Crippen molar-refractivity contribution in [3.05, 3.63) is 35.9 Å². The minimum atomic E-state index is -0.914. The van der Waals surface area contributed by atoms with Gasteiger partial charge < -0.3 is 10.0 Å². The Labute approximate surface area is 155 Å². The van der Waals surface area contributed by atoms with Crippen molar-refractivity contribution >= 4 is 11.9 Å². The van der Waals surface area contributed by atoms with Gasteiger partial charge in [0.25, 0.3) is 0 Å². The lowest BCUT2D eigenvalue weighted by Gasteiger charge is -2.31. The average Bonchev–Trinajstić information content (AvgIpc) is 3.12. The predicted molar refractivity (Wildman–Crippen MR) is 99.4 cm³/mol. The molecule has 0 spiro atoms. The smallest absolute Gasteiger partial charge is 0.326 e. The number of hydrogen-bond donors (Lipinski definition) is 1. The molecule has 0 aromatic heterocycles. The molecule has 140 valence electrons. The van der Waals surface area contributed by atoms with Crippen LogP contribution >= 0.6 is 0 Å². The third-order valence-electron chi connectivity index (χ3n) is 5.54. The van der Waals surface area contributed by atoms with E-state index in [-0.39, 0.29) is 11.8 Å². The van der Waals surface area contributed by atoms with Crippen molar-refractivity contribution in [2.24, 2.45) is 5.92 Å². The van der Waals surface area contributed by atoms with E-state index in [0.29, 0.717) is 32.2 Å². The Kier molecular flexibility index (Phi) is 6.79. The highest BCUT2D eigenvalue weighted by atomic mass is 16.4. The lowest BCUT2D eigenvalue weighted by atomic mass is 9.69. The molecular formula is C21H28N2O3. The fourth-order valence-corrected chi connectivity index (χ4v) is 3.90. The van der Waals surface area contributed by atoms with Crippen molar-refractivity contribution < 1.29 is 14.7 Å². The summed E-state index contributed by atoms with van der Waals surface area (Å²) in [6, 6.07) is 11.7. The van der Waals surface area contributed by atoms with Crippen molar-refractivity contribution in [3.8, 4) is 6.07 Å². The van der Waals surface area contributed by atoms with Gasteiger partial charge in [-0.3, -0.25) is 4.79 Å². The molecule has 1 aromatic rings. The molecule has 5 heteroatoms. The number of likely N-dealkylation sites (tertiary alicyclic amines) is 1. The van der Waals surface area contributed by atoms with E-state index in [4.69, 9.17) is 0 Å². The van der Waals surface area contributed by atoms with Crippen LogP contribution in [0.15, 0.2) is 30.3 Å². The number of carboxylic acids is 1. The minimum Gasteiger partial charge on any atom is -0.480 e. The zero-order valence-electron chi connectivity index (χ0n) is 15.6. The molecule has 1 aliphatic heterocycles. The summed E-state index contributed by atoms with van der Waals surface area (Å²) in [5.74, 6) is -0.828. The molecule has 1 heterocycles. The first-order valence-electron chi connectivity index (χ1n) is 9.41. The van der Waals surface area contributed by atoms with Crippen LogP contribution in [0.5, 0.6) is 0 Å². The van der Waals surface area contributed by atoms with Crippen LogP contribution in [0.25, 0.3) is 0 Å². The topological polar surface area (TPSA) is 81.4 Å². The fraction of sp³-hybridized carbons (Fsp3) is 0.571. The van der Waals surface area contributed by atoms with Crippen LogP contribution in [-0.4, -0.2) is 34.5 Å². The van der Waals surface area contributed by atoms with Crippen LogP contribution in [0.1, 0.15) is 57.9 Å². The van der Waals surface area contributed by atoms with Gasteiger partial charge in [-0.2, -0.15) is 5.26 Å². The molecule has 0 radical (unpaired) electrons. The first-order chi connectivity index (χ1) is 12.4. The van der Waals surface area contributed by atoms with Gasteiger partial charge in [0.15, 0.2) is 0 Å². The molecule has 1 amide bonds. The fourth-order valence-electron chi connectivity index (χ4n) is 3.90. The second-order valence-corrected chi connectivity index (χ2v) is 7.39. The summed E-state index contributed by atoms with van der Waals surface area (Å²) in [6.07, 6.45) is 3.77. The number of carbonyl (C=O) groups is 2. The first-order valence-corrected chi connectivity index (χ1v) is 9.41. The normalized spacial score (nSPS) is 19.2. The van der Waals surface area contributed by atoms with E-state index < -0.39 is 17.4 Å². The highest BCUT2D eigenvalue weighted by Gasteiger charge is 2.36. The Bertz CT molecular complexity index is 666. The monoisotopic (exact) mass is 356 g/mol. The predicted octanol–water partition coefficient (Wildman–Crippen LogP) is 3.74. The maximum absolute atomic E-state index is 12.4. The summed E-state index contributed by atoms with van der Waals surface area (Å²) in [5.41, 5.74) is 0.468. The molecule has 1 N–H and O–H groups in total. The first kappa shape index (κ1) is 20.0. The molecule has 26 heavy (non-hydrogen) atoms. The van der Waals surface area contributed by atoms with E-state index in [1.807, 2.05) is 30.3 Å². The number of aliphatic carboxylic acids is 1. The van der Waals surface area contributed by atoms with E-state index in [0.717, 1.165) is 18.4 Å². The molecule has 1 aliphatic rings. The van der Waals surface area contributed by atoms with E-state index in [9.17, 15) is 20.0 Å². The average molecular weight is 356 g/mol. The minimum absolute atomic E-state index is 0.0817. The van der Waals surface area contributed by atoms with Crippen molar-refractivity contribution in [3.63, 3.8) is 0 Å². The van der Waals surface area contributed by atoms with Gasteiger partial charge in [-0.05, 0) is 37.2 Å². The molecule has 0 bridgehead atoms. The zero-order chi connectivity index (χ0) is 19.2. The van der Waals surface area contributed by atoms with Gasteiger partial charge in [-0.15, -0.1) is 0 Å². The summed E-state index contributed by atoms with van der Waals surface area (Å²) < 4.78 is 0. The van der Waals surface area contributed by atoms with E-state index in [1.165, 1.54) is 4.90 Å². The Hall–Kier alpha value is -2.35. The lowest BCUT2D eigenvalue weighted by molar-refractivity contribution is -0.148. The number of rotatable bonds is 8. The van der Waals surface area contributed by atoms with Crippen LogP contribution in [0, 0.1) is 17.2 Å². The third kappa shape index (κ3) is 4.24. The van der Waals surface area contributed by atoms with E-state index >= 15 is 0 Å². The summed E-state index contributed by atoms with van der Waals surface area (Å²) >= 11 is 0. The highest BCUT2D eigenvalue weighted by molar-refractivity contribution is 5.84. The van der Waals surface area contributed by atoms with Crippen LogP contribution in [0.4, 0.5) is 0 Å². The Morgan fingerprint density at radius 2 is 2.00 bits per heavy atom. The number of carbonyl (C=O) groups excluding carboxylic acids is 1. The van der Waals surface area contributed by atoms with Crippen LogP contribution < -0.4 is 0 Å². The number of amides is 1. The summed E-state index contributed by atoms with van der Waals surface area (Å²) in [6.45, 7) is 4.65. The van der Waals surface area contributed by atoms with Gasteiger partial charge in [0, 0.05) is 13.0 Å². The van der Waals surface area contributed by atoms with Crippen LogP contribution in [0.2, 0.25) is 0 Å². The summed E-state index contributed by atoms with van der Waals surface area (Å²) in [4.78, 5) is 25.1. The number of nitrogens with zero attached hydrogens (tertiary/aromatic N) is 2. The van der Waals surface area contributed by atoms with Gasteiger partial charge in [-0.25, -0.2) is 4.79 Å². The molecule has 1 aromatic carbocycles. The molecule has 0 saturated carbocycles. The molecule has 1 unspecified atom stereocenters. The summed E-state index contributed by atoms with van der Waals surface area (Å²) in [7, 11) is 0. The van der Waals surface area contributed by atoms with Crippen molar-refractivity contribution in [1.82, 2.24) is 4.90 Å². The van der Waals surface area contributed by atoms with Gasteiger partial charge in [0.1, 0.15) is 6.04 Å². The number of unbranched alkanes of at least 4 members (excludes halogenated alkanes) is 1. The van der Waals surface area contributed by atoms with Gasteiger partial charge in [0.05, 0.1) is 11.5 Å². The van der Waals surface area contributed by atoms with Crippen molar-refractivity contribution in [2.45, 2.75) is 63.8 Å². The molecule has 5 nitrogen and oxygen atoms in total. The largest absolute Gasteiger partial charge is 0.480 e. The molecule has 2 atom stereocenters. The van der Waals surface area contributed by atoms with Gasteiger partial charge in [0.2, 0.25) is 5.91 Å². The third-order valence-corrected chi connectivity index (χ3v) is 5.54. The lowest BCUT2D eigenvalue weighted by Crippen LogP contribution is -2.40. The van der Waals surface area contributed by atoms with Crippen molar-refractivity contribution in [1.29, 1.82) is 5.26 Å².